The Morgan fingerprint density at radius 2 is 1.38 bits per heavy atom. The summed E-state index contributed by atoms with van der Waals surface area (Å²) in [5.41, 5.74) is 0. The first-order valence-corrected chi connectivity index (χ1v) is 3.97. The molecule has 52 valence electrons. The minimum Gasteiger partial charge on any atom is -0.127 e. The second kappa shape index (κ2) is 11.0. The van der Waals surface area contributed by atoms with Gasteiger partial charge >= 0.3 is 0 Å². The maximum absolute atomic E-state index is 5.19. The lowest BCUT2D eigenvalue weighted by molar-refractivity contribution is 1.10. The van der Waals surface area contributed by atoms with Gasteiger partial charge < -0.3 is 0 Å². The molecule has 8 heavy (non-hydrogen) atoms. The summed E-state index contributed by atoms with van der Waals surface area (Å²) < 4.78 is -0.750. The predicted molar refractivity (Wildman–Crippen MR) is 42.4 cm³/mol. The molecule has 0 aliphatic carbocycles. The van der Waals surface area contributed by atoms with E-state index in [-0.39, 0.29) is 0 Å². The van der Waals surface area contributed by atoms with Crippen molar-refractivity contribution in [1.29, 1.82) is 0 Å². The van der Waals surface area contributed by atoms with Crippen molar-refractivity contribution in [2.75, 3.05) is 5.88 Å². The van der Waals surface area contributed by atoms with E-state index in [0.717, 1.165) is 12.3 Å². The van der Waals surface area contributed by atoms with Gasteiger partial charge in [0, 0.05) is 5.88 Å². The van der Waals surface area contributed by atoms with E-state index in [1.165, 1.54) is 0 Å². The Labute approximate surface area is 70.1 Å². The SMILES string of the molecule is CCCCl.ClC(Cl)Cl. The van der Waals surface area contributed by atoms with Gasteiger partial charge in [0.05, 0.1) is 0 Å². The van der Waals surface area contributed by atoms with Crippen molar-refractivity contribution in [2.45, 2.75) is 17.6 Å². The Morgan fingerprint density at radius 3 is 1.38 bits per heavy atom. The Morgan fingerprint density at radius 1 is 1.25 bits per heavy atom. The standard InChI is InChI=1S/C3H7Cl.CHCl3/c1-2-3-4;2-1(3)4/h2-3H2,1H3;1H. The van der Waals surface area contributed by atoms with Gasteiger partial charge in [-0.3, -0.25) is 0 Å². The summed E-state index contributed by atoms with van der Waals surface area (Å²) in [5, 5.41) is 0. The zero-order chi connectivity index (χ0) is 6.99. The van der Waals surface area contributed by atoms with Crippen LogP contribution in [0.15, 0.2) is 0 Å². The van der Waals surface area contributed by atoms with Crippen LogP contribution in [0.2, 0.25) is 0 Å². The van der Waals surface area contributed by atoms with Crippen LogP contribution in [0.25, 0.3) is 0 Å². The Hall–Kier alpha value is 1.16. The molecule has 0 radical (unpaired) electrons. The van der Waals surface area contributed by atoms with Crippen LogP contribution >= 0.6 is 46.4 Å². The quantitative estimate of drug-likeness (QED) is 0.564. The predicted octanol–water partition coefficient (Wildman–Crippen LogP) is 3.62. The second-order valence-corrected chi connectivity index (χ2v) is 3.29. The van der Waals surface area contributed by atoms with Crippen molar-refractivity contribution in [3.63, 3.8) is 0 Å². The van der Waals surface area contributed by atoms with Gasteiger partial charge in [0.2, 0.25) is 0 Å². The molecule has 0 rings (SSSR count). The molecule has 0 aromatic carbocycles. The average Bonchev–Trinajstić information content (AvgIpc) is 1.65. The monoisotopic (exact) mass is 196 g/mol. The Kier molecular flexibility index (Phi) is 16.4. The van der Waals surface area contributed by atoms with E-state index in [0.29, 0.717) is 0 Å². The summed E-state index contributed by atoms with van der Waals surface area (Å²) in [5.74, 6) is 0.792. The molecular weight excluding hydrogens is 190 g/mol. The highest BCUT2D eigenvalue weighted by Crippen LogP contribution is 2.03. The van der Waals surface area contributed by atoms with Crippen LogP contribution in [0.3, 0.4) is 0 Å². The summed E-state index contributed by atoms with van der Waals surface area (Å²) in [6.07, 6.45) is 1.08. The molecule has 0 saturated heterocycles. The van der Waals surface area contributed by atoms with E-state index in [1.54, 1.807) is 0 Å². The molecule has 0 atom stereocenters. The van der Waals surface area contributed by atoms with Crippen LogP contribution in [0.1, 0.15) is 13.3 Å². The third-order valence-electron chi connectivity index (χ3n) is 0.189. The highest BCUT2D eigenvalue weighted by atomic mass is 35.6. The molecule has 0 nitrogen and oxygen atoms in total. The lowest BCUT2D eigenvalue weighted by Gasteiger charge is -1.69. The van der Waals surface area contributed by atoms with Crippen LogP contribution in [-0.4, -0.2) is 10.2 Å². The van der Waals surface area contributed by atoms with E-state index in [9.17, 15) is 0 Å². The highest BCUT2D eigenvalue weighted by molar-refractivity contribution is 6.63. The van der Waals surface area contributed by atoms with Crippen molar-refractivity contribution in [2.24, 2.45) is 0 Å². The second-order valence-electron chi connectivity index (χ2n) is 0.936. The van der Waals surface area contributed by atoms with Gasteiger partial charge in [-0.05, 0) is 6.42 Å². The minimum absolute atomic E-state index is 0.750. The molecular formula is C4H8Cl4. The third-order valence-corrected chi connectivity index (χ3v) is 0.567. The van der Waals surface area contributed by atoms with Gasteiger partial charge in [0.1, 0.15) is 0 Å². The fraction of sp³-hybridized carbons (Fsp3) is 1.00. The summed E-state index contributed by atoms with van der Waals surface area (Å²) in [7, 11) is 0. The van der Waals surface area contributed by atoms with Crippen molar-refractivity contribution >= 4 is 46.4 Å². The molecule has 0 aromatic rings. The summed E-state index contributed by atoms with van der Waals surface area (Å²) >= 11 is 19.6. The van der Waals surface area contributed by atoms with Gasteiger partial charge in [-0.25, -0.2) is 0 Å². The van der Waals surface area contributed by atoms with Crippen LogP contribution in [0, 0.1) is 0 Å². The van der Waals surface area contributed by atoms with Gasteiger partial charge in [-0.15, -0.1) is 11.6 Å². The maximum Gasteiger partial charge on any atom is 0.180 e. The third kappa shape index (κ3) is 58.2. The van der Waals surface area contributed by atoms with Crippen LogP contribution in [-0.2, 0) is 0 Å². The van der Waals surface area contributed by atoms with E-state index in [1.807, 2.05) is 6.92 Å². The normalized spacial score (nSPS) is 8.25. The van der Waals surface area contributed by atoms with E-state index in [2.05, 4.69) is 0 Å². The lowest BCUT2D eigenvalue weighted by atomic mass is 10.6. The Balaban J connectivity index is 0. The number of halogens is 4. The fourth-order valence-electron chi connectivity index (χ4n) is 0. The van der Waals surface area contributed by atoms with E-state index >= 15 is 0 Å². The summed E-state index contributed by atoms with van der Waals surface area (Å²) in [4.78, 5) is 0. The van der Waals surface area contributed by atoms with Crippen LogP contribution in [0.4, 0.5) is 0 Å². The molecule has 0 heterocycles. The molecule has 0 unspecified atom stereocenters. The van der Waals surface area contributed by atoms with Crippen LogP contribution < -0.4 is 0 Å². The highest BCUT2D eigenvalue weighted by Gasteiger charge is 1.78. The smallest absolute Gasteiger partial charge is 0.127 e. The topological polar surface area (TPSA) is 0 Å². The first-order valence-electron chi connectivity index (χ1n) is 2.13. The molecule has 0 bridgehead atoms. The van der Waals surface area contributed by atoms with Gasteiger partial charge in [0.15, 0.2) is 4.30 Å². The number of hydrogen-bond acceptors (Lipinski definition) is 0. The zero-order valence-corrected chi connectivity index (χ0v) is 7.53. The van der Waals surface area contributed by atoms with Crippen molar-refractivity contribution < 1.29 is 0 Å². The number of alkyl halides is 4. The summed E-state index contributed by atoms with van der Waals surface area (Å²) in [6, 6.07) is 0. The zero-order valence-electron chi connectivity index (χ0n) is 4.50. The fourth-order valence-corrected chi connectivity index (χ4v) is 0. The molecule has 4 heteroatoms. The molecule has 0 saturated carbocycles. The average molecular weight is 198 g/mol. The molecule has 0 aliphatic rings. The molecule has 0 N–H and O–H groups in total. The van der Waals surface area contributed by atoms with Crippen molar-refractivity contribution in [3.05, 3.63) is 0 Å². The number of rotatable bonds is 1. The van der Waals surface area contributed by atoms with Crippen LogP contribution in [0.5, 0.6) is 0 Å². The lowest BCUT2D eigenvalue weighted by Crippen LogP contribution is -1.55. The van der Waals surface area contributed by atoms with Crippen molar-refractivity contribution in [1.82, 2.24) is 0 Å². The van der Waals surface area contributed by atoms with Gasteiger partial charge in [0.25, 0.3) is 0 Å². The van der Waals surface area contributed by atoms with E-state index in [4.69, 9.17) is 46.4 Å². The minimum atomic E-state index is -0.750. The molecule has 0 aliphatic heterocycles. The summed E-state index contributed by atoms with van der Waals surface area (Å²) in [6.45, 7) is 2.05. The Bertz CT molecular complexity index is 24.5. The van der Waals surface area contributed by atoms with Gasteiger partial charge in [-0.1, -0.05) is 41.7 Å². The molecule has 0 amide bonds. The molecule has 0 spiro atoms. The maximum atomic E-state index is 5.19. The van der Waals surface area contributed by atoms with Crippen molar-refractivity contribution in [3.8, 4) is 0 Å². The number of hydrogen-bond donors (Lipinski definition) is 0. The largest absolute Gasteiger partial charge is 0.180 e. The molecule has 0 fully saturated rings. The molecule has 0 aromatic heterocycles. The van der Waals surface area contributed by atoms with Gasteiger partial charge in [-0.2, -0.15) is 0 Å². The first kappa shape index (κ1) is 11.9. The first-order chi connectivity index (χ1) is 3.65. The van der Waals surface area contributed by atoms with E-state index < -0.39 is 4.30 Å².